The highest BCUT2D eigenvalue weighted by molar-refractivity contribution is 5.69. The van der Waals surface area contributed by atoms with Gasteiger partial charge in [0.15, 0.2) is 12.6 Å². The van der Waals surface area contributed by atoms with Crippen molar-refractivity contribution >= 4 is 5.97 Å². The summed E-state index contributed by atoms with van der Waals surface area (Å²) in [6, 6.07) is 0. The van der Waals surface area contributed by atoms with Crippen LogP contribution in [0.15, 0.2) is 23.3 Å². The Morgan fingerprint density at radius 1 is 0.495 bits per heavy atom. The number of rotatable bonds is 29. The van der Waals surface area contributed by atoms with E-state index in [0.29, 0.717) is 23.2 Å². The molecule has 12 unspecified atom stereocenters. The van der Waals surface area contributed by atoms with Gasteiger partial charge in [0, 0.05) is 6.42 Å². The largest absolute Gasteiger partial charge is 0.463 e. The molecule has 13 heteroatoms. The number of aliphatic hydroxyl groups excluding tert-OH is 7. The van der Waals surface area contributed by atoms with E-state index in [-0.39, 0.29) is 35.6 Å². The van der Waals surface area contributed by atoms with Crippen molar-refractivity contribution < 1.29 is 64.2 Å². The van der Waals surface area contributed by atoms with Crippen LogP contribution in [0.2, 0.25) is 0 Å². The second-order valence-electron chi connectivity index (χ2n) is 34.8. The van der Waals surface area contributed by atoms with Crippen molar-refractivity contribution in [3.8, 4) is 0 Å². The fraction of sp³-hybridized carbons (Fsp3) is 0.938. The van der Waals surface area contributed by atoms with Crippen LogP contribution in [0, 0.1) is 92.7 Å². The Labute approximate surface area is 564 Å². The van der Waals surface area contributed by atoms with E-state index in [1.54, 1.807) is 0 Å². The average molecular weight is 1310 g/mol. The second-order valence-corrected chi connectivity index (χ2v) is 34.8. The zero-order valence-corrected chi connectivity index (χ0v) is 60.5. The first kappa shape index (κ1) is 75.7. The molecule has 0 aromatic rings. The molecule has 10 aliphatic rings. The van der Waals surface area contributed by atoms with Crippen LogP contribution >= 0.6 is 0 Å². The zero-order chi connectivity index (χ0) is 67.0. The molecule has 0 aromatic heterocycles. The topological polar surface area (TPSA) is 205 Å². The standard InChI is InChI=1S/C47H82O7.C33H56O6/c1-7-8-9-10-11-12-13-14-15-16-17-21-41(48)52-31-40-42(49)43(50)44(51)45(54-40)53-35-26-28-46(5)34(30-35)22-23-36-38-25-24-37(33(4)20-18-19-32(2)3)47(38,6)29-27-39(36)46;1-19(2)7-6-8-20(3)24-11-12-25-23-10-9-21-17-22(13-15-32(21,4)26(23)14-16-33(24,25)5)38-31-30(37)29(36)28(35)27(18-34)39-31/h22,32-33,35-40,42-45,49-51H,7-21,23-31H2,1-6H3;9,19-20,22-31,34-37H,6-8,10-18H2,1-5H3/t33-,35?,36?,37-,38?,39?,40?,42-,43+,44?,45+,46+,47-;20-,22?,23?,24-,25?,26?,27?,28-,29+,30?,31+,32+,33-/m11/s1. The van der Waals surface area contributed by atoms with Gasteiger partial charge in [0.25, 0.3) is 0 Å². The Kier molecular flexibility index (Phi) is 27.5. The van der Waals surface area contributed by atoms with Gasteiger partial charge in [0.2, 0.25) is 0 Å². The van der Waals surface area contributed by atoms with Crippen molar-refractivity contribution in [3.05, 3.63) is 23.3 Å². The Morgan fingerprint density at radius 2 is 0.914 bits per heavy atom. The van der Waals surface area contributed by atoms with E-state index in [1.807, 2.05) is 0 Å². The first-order valence-electron chi connectivity index (χ1n) is 39.2. The van der Waals surface area contributed by atoms with Crippen LogP contribution in [-0.4, -0.2) is 129 Å². The number of ether oxygens (including phenoxy) is 5. The van der Waals surface area contributed by atoms with E-state index in [2.05, 4.69) is 88.3 Å². The fourth-order valence-corrected chi connectivity index (χ4v) is 22.4. The van der Waals surface area contributed by atoms with Crippen LogP contribution in [-0.2, 0) is 28.5 Å². The van der Waals surface area contributed by atoms with Gasteiger partial charge in [-0.25, -0.2) is 0 Å². The lowest BCUT2D eigenvalue weighted by Gasteiger charge is -2.58. The molecule has 0 bridgehead atoms. The van der Waals surface area contributed by atoms with Gasteiger partial charge in [-0.15, -0.1) is 0 Å². The first-order valence-corrected chi connectivity index (χ1v) is 39.2. The summed E-state index contributed by atoms with van der Waals surface area (Å²) in [5, 5.41) is 72.7. The van der Waals surface area contributed by atoms with E-state index < -0.39 is 68.0 Å². The summed E-state index contributed by atoms with van der Waals surface area (Å²) < 4.78 is 29.8. The van der Waals surface area contributed by atoms with E-state index in [1.165, 1.54) is 159 Å². The molecule has 0 radical (unpaired) electrons. The van der Waals surface area contributed by atoms with Gasteiger partial charge in [0.05, 0.1) is 18.8 Å². The molecule has 7 N–H and O–H groups in total. The predicted octanol–water partition coefficient (Wildman–Crippen LogP) is 15.7. The lowest BCUT2D eigenvalue weighted by Crippen LogP contribution is -2.60. The Balaban J connectivity index is 0.000000231. The Morgan fingerprint density at radius 3 is 1.34 bits per heavy atom. The number of carbonyl (C=O) groups excluding carboxylic acids is 1. The molecule has 10 rings (SSSR count). The van der Waals surface area contributed by atoms with E-state index in [4.69, 9.17) is 23.7 Å². The maximum atomic E-state index is 12.5. The van der Waals surface area contributed by atoms with Gasteiger partial charge < -0.3 is 59.4 Å². The van der Waals surface area contributed by atoms with Crippen molar-refractivity contribution in [2.75, 3.05) is 13.2 Å². The summed E-state index contributed by atoms with van der Waals surface area (Å²) in [7, 11) is 0. The second kappa shape index (κ2) is 33.8. The van der Waals surface area contributed by atoms with Gasteiger partial charge in [-0.05, 0) is 202 Å². The number of unbranched alkanes of at least 4 members (excludes halogenated alkanes) is 10. The van der Waals surface area contributed by atoms with Crippen LogP contribution < -0.4 is 0 Å². The van der Waals surface area contributed by atoms with Crippen LogP contribution in [0.5, 0.6) is 0 Å². The smallest absolute Gasteiger partial charge is 0.305 e. The summed E-state index contributed by atoms with van der Waals surface area (Å²) in [5.41, 5.74) is 4.35. The molecule has 8 fully saturated rings. The number of hydrogen-bond donors (Lipinski definition) is 7. The molecule has 0 amide bonds. The number of fused-ring (bicyclic) bond motifs is 10. The molecule has 93 heavy (non-hydrogen) atoms. The van der Waals surface area contributed by atoms with Crippen molar-refractivity contribution in [2.24, 2.45) is 92.7 Å². The van der Waals surface area contributed by atoms with Crippen LogP contribution in [0.3, 0.4) is 0 Å². The molecular formula is C80H138O13. The molecule has 536 valence electrons. The minimum atomic E-state index is -1.44. The number of hydrogen-bond acceptors (Lipinski definition) is 13. The molecule has 2 aliphatic heterocycles. The summed E-state index contributed by atoms with van der Waals surface area (Å²) >= 11 is 0. The SMILES string of the molecule is CC(C)CCC[C@@H](C)[C@H]1CCC2C3CC=C4CC(O[C@H]5OC(CO)[C@@H](O)[C@H](O)C5O)CC[C@]4(C)C3CC[C@@]21C.CCCCCCCCCCCCCC(=O)OCC1O[C@H](OC2CC[C@@]3(C)C(=CCC4C3CC[C@@]3(C)C4CC[C@@H]3[C@H](C)CCCC(C)C)C2)C(O)[C@@H](O)[C@@H]1O. The predicted molar refractivity (Wildman–Crippen MR) is 368 cm³/mol. The number of esters is 1. The maximum absolute atomic E-state index is 12.5. The Hall–Kier alpha value is -1.49. The highest BCUT2D eigenvalue weighted by Crippen LogP contribution is 2.69. The van der Waals surface area contributed by atoms with Crippen molar-refractivity contribution in [1.29, 1.82) is 0 Å². The van der Waals surface area contributed by atoms with Gasteiger partial charge >= 0.3 is 5.97 Å². The lowest BCUT2D eigenvalue weighted by molar-refractivity contribution is -0.313. The molecule has 0 spiro atoms. The van der Waals surface area contributed by atoms with Gasteiger partial charge in [0.1, 0.15) is 55.4 Å². The number of allylic oxidation sites excluding steroid dienone is 2. The van der Waals surface area contributed by atoms with Gasteiger partial charge in [-0.3, -0.25) is 4.79 Å². The van der Waals surface area contributed by atoms with Crippen molar-refractivity contribution in [2.45, 2.75) is 368 Å². The first-order chi connectivity index (χ1) is 44.4. The molecule has 2 saturated heterocycles. The van der Waals surface area contributed by atoms with E-state index in [0.717, 1.165) is 129 Å². The van der Waals surface area contributed by atoms with Crippen LogP contribution in [0.25, 0.3) is 0 Å². The third-order valence-electron chi connectivity index (χ3n) is 28.1. The van der Waals surface area contributed by atoms with Gasteiger partial charge in [-0.2, -0.15) is 0 Å². The molecule has 26 atom stereocenters. The highest BCUT2D eigenvalue weighted by atomic mass is 16.7. The monoisotopic (exact) mass is 1310 g/mol. The molecule has 13 nitrogen and oxygen atoms in total. The minimum Gasteiger partial charge on any atom is -0.463 e. The summed E-state index contributed by atoms with van der Waals surface area (Å²) in [6.07, 6.45) is 33.3. The lowest BCUT2D eigenvalue weighted by atomic mass is 9.47. The molecule has 0 aromatic carbocycles. The number of carbonyl (C=O) groups is 1. The maximum Gasteiger partial charge on any atom is 0.305 e. The summed E-state index contributed by atoms with van der Waals surface area (Å²) in [5.74, 6) is 9.32. The van der Waals surface area contributed by atoms with E-state index >= 15 is 0 Å². The minimum absolute atomic E-state index is 0.0984. The summed E-state index contributed by atoms with van der Waals surface area (Å²) in [4.78, 5) is 12.5. The van der Waals surface area contributed by atoms with Crippen LogP contribution in [0.1, 0.15) is 294 Å². The quantitative estimate of drug-likeness (QED) is 0.0212. The van der Waals surface area contributed by atoms with E-state index in [9.17, 15) is 40.5 Å². The normalized spacial score (nSPS) is 42.7. The van der Waals surface area contributed by atoms with Crippen LogP contribution in [0.4, 0.5) is 0 Å². The average Bonchev–Trinajstić information content (AvgIpc) is 1.70. The van der Waals surface area contributed by atoms with Crippen molar-refractivity contribution in [3.63, 3.8) is 0 Å². The number of aliphatic hydroxyl groups is 7. The molecule has 2 heterocycles. The summed E-state index contributed by atoms with van der Waals surface area (Å²) in [6.45, 7) is 26.5. The molecular weight excluding hydrogens is 1170 g/mol. The third-order valence-corrected chi connectivity index (χ3v) is 28.1. The molecule has 6 saturated carbocycles. The highest BCUT2D eigenvalue weighted by Gasteiger charge is 2.62. The molecule has 8 aliphatic carbocycles. The van der Waals surface area contributed by atoms with Crippen molar-refractivity contribution in [1.82, 2.24) is 0 Å². The fourth-order valence-electron chi connectivity index (χ4n) is 22.4. The van der Waals surface area contributed by atoms with Gasteiger partial charge in [-0.1, -0.05) is 202 Å². The zero-order valence-electron chi connectivity index (χ0n) is 60.5. The Bertz CT molecular complexity index is 2360. The third kappa shape index (κ3) is 17.3.